The molecule has 3 aliphatic heterocycles. The van der Waals surface area contributed by atoms with E-state index in [0.29, 0.717) is 24.3 Å². The Morgan fingerprint density at radius 1 is 1.10 bits per heavy atom. The van der Waals surface area contributed by atoms with Gasteiger partial charge in [0.25, 0.3) is 0 Å². The van der Waals surface area contributed by atoms with E-state index in [9.17, 15) is 5.11 Å². The highest BCUT2D eigenvalue weighted by Gasteiger charge is 2.37. The van der Waals surface area contributed by atoms with Crippen molar-refractivity contribution in [2.45, 2.75) is 43.8 Å². The molecule has 0 amide bonds. The van der Waals surface area contributed by atoms with Gasteiger partial charge in [0.1, 0.15) is 11.7 Å². The van der Waals surface area contributed by atoms with E-state index >= 15 is 0 Å². The third kappa shape index (κ3) is 4.74. The van der Waals surface area contributed by atoms with Gasteiger partial charge in [0.15, 0.2) is 0 Å². The molecule has 0 aliphatic carbocycles. The Hall–Kier alpha value is -1.67. The van der Waals surface area contributed by atoms with Crippen LogP contribution in [0.4, 0.5) is 0 Å². The summed E-state index contributed by atoms with van der Waals surface area (Å²) in [4.78, 5) is 7.28. The number of likely N-dealkylation sites (tertiary alicyclic amines) is 1. The molecule has 7 nitrogen and oxygen atoms in total. The number of halogens is 1. The highest BCUT2D eigenvalue weighted by atomic mass is 35.5. The summed E-state index contributed by atoms with van der Waals surface area (Å²) in [6.45, 7) is 4.04. The molecule has 3 heterocycles. The molecule has 0 aromatic heterocycles. The molecule has 2 fully saturated rings. The highest BCUT2D eigenvalue weighted by Crippen LogP contribution is 2.26. The molecule has 0 saturated carbocycles. The fourth-order valence-corrected chi connectivity index (χ4v) is 4.95. The number of nitrogens with zero attached hydrogens (tertiary/aromatic N) is 5. The smallest absolute Gasteiger partial charge is 0.135 e. The average molecular weight is 419 g/mol. The van der Waals surface area contributed by atoms with Gasteiger partial charge < -0.3 is 15.7 Å². The van der Waals surface area contributed by atoms with Crippen molar-refractivity contribution in [1.82, 2.24) is 14.7 Å². The maximum atomic E-state index is 9.86. The van der Waals surface area contributed by atoms with Crippen LogP contribution in [0.3, 0.4) is 0 Å². The molecule has 8 heteroatoms. The minimum atomic E-state index is 0.196. The van der Waals surface area contributed by atoms with E-state index in [1.807, 2.05) is 12.1 Å². The average Bonchev–Trinajstić information content (AvgIpc) is 3.16. The van der Waals surface area contributed by atoms with Crippen molar-refractivity contribution in [2.75, 3.05) is 39.8 Å². The first-order valence-electron chi connectivity index (χ1n) is 10.5. The fraction of sp³-hybridized carbons (Fsp3) is 0.619. The van der Waals surface area contributed by atoms with Crippen molar-refractivity contribution < 1.29 is 5.11 Å². The van der Waals surface area contributed by atoms with Gasteiger partial charge in [-0.25, -0.2) is 0 Å². The van der Waals surface area contributed by atoms with Crippen molar-refractivity contribution in [3.63, 3.8) is 0 Å². The van der Waals surface area contributed by atoms with Gasteiger partial charge in [-0.15, -0.1) is 10.2 Å². The lowest BCUT2D eigenvalue weighted by Crippen LogP contribution is -2.62. The van der Waals surface area contributed by atoms with Gasteiger partial charge in [-0.05, 0) is 44.0 Å². The minimum Gasteiger partial charge on any atom is -0.395 e. The molecule has 0 bridgehead atoms. The monoisotopic (exact) mass is 418 g/mol. The number of aliphatic hydroxyl groups excluding tert-OH is 1. The molecule has 2 atom stereocenters. The third-order valence-electron chi connectivity index (χ3n) is 6.54. The quantitative estimate of drug-likeness (QED) is 0.772. The SMILES string of the molecule is CN1CC(Cc2ccc(Cl)cc2)N(C2CCN(C3=NN=C(N)C3)CC2)C[C@@H]1CO. The van der Waals surface area contributed by atoms with Crippen LogP contribution in [0.25, 0.3) is 0 Å². The molecule has 2 saturated heterocycles. The molecule has 3 aliphatic rings. The highest BCUT2D eigenvalue weighted by molar-refractivity contribution is 6.30. The molecule has 0 radical (unpaired) electrons. The molecule has 158 valence electrons. The van der Waals surface area contributed by atoms with Crippen LogP contribution in [0.5, 0.6) is 0 Å². The lowest BCUT2D eigenvalue weighted by Gasteiger charge is -2.50. The summed E-state index contributed by atoms with van der Waals surface area (Å²) >= 11 is 6.07. The summed E-state index contributed by atoms with van der Waals surface area (Å²) in [5.41, 5.74) is 7.10. The van der Waals surface area contributed by atoms with Crippen LogP contribution >= 0.6 is 11.6 Å². The van der Waals surface area contributed by atoms with Crippen molar-refractivity contribution in [3.8, 4) is 0 Å². The molecule has 4 rings (SSSR count). The van der Waals surface area contributed by atoms with Crippen LogP contribution in [0.2, 0.25) is 5.02 Å². The van der Waals surface area contributed by atoms with Crippen LogP contribution in [-0.2, 0) is 6.42 Å². The summed E-state index contributed by atoms with van der Waals surface area (Å²) in [5, 5.41) is 18.9. The normalized spacial score (nSPS) is 27.2. The molecule has 1 aromatic rings. The van der Waals surface area contributed by atoms with E-state index in [1.165, 1.54) is 5.56 Å². The van der Waals surface area contributed by atoms with E-state index in [2.05, 4.69) is 44.1 Å². The maximum absolute atomic E-state index is 9.86. The minimum absolute atomic E-state index is 0.196. The summed E-state index contributed by atoms with van der Waals surface area (Å²) in [6, 6.07) is 9.35. The largest absolute Gasteiger partial charge is 0.395 e. The Kier molecular flexibility index (Phi) is 6.39. The van der Waals surface area contributed by atoms with E-state index in [-0.39, 0.29) is 12.6 Å². The van der Waals surface area contributed by atoms with Crippen molar-refractivity contribution in [2.24, 2.45) is 15.9 Å². The third-order valence-corrected chi connectivity index (χ3v) is 6.79. The Morgan fingerprint density at radius 3 is 2.45 bits per heavy atom. The molecule has 3 N–H and O–H groups in total. The summed E-state index contributed by atoms with van der Waals surface area (Å²) in [5.74, 6) is 1.61. The zero-order valence-electron chi connectivity index (χ0n) is 17.0. The number of likely N-dealkylation sites (N-methyl/N-ethyl adjacent to an activating group) is 1. The second-order valence-corrected chi connectivity index (χ2v) is 8.90. The van der Waals surface area contributed by atoms with E-state index in [0.717, 1.165) is 56.3 Å². The predicted octanol–water partition coefficient (Wildman–Crippen LogP) is 1.40. The molecular formula is C21H31ClN6O. The number of benzene rings is 1. The lowest BCUT2D eigenvalue weighted by atomic mass is 9.94. The zero-order valence-corrected chi connectivity index (χ0v) is 17.8. The number of piperazine rings is 1. The first-order chi connectivity index (χ1) is 14.0. The molecule has 0 spiro atoms. The van der Waals surface area contributed by atoms with E-state index in [4.69, 9.17) is 17.3 Å². The summed E-state index contributed by atoms with van der Waals surface area (Å²) in [6.07, 6.45) is 3.86. The number of nitrogens with two attached hydrogens (primary N) is 1. The number of hydrogen-bond donors (Lipinski definition) is 2. The van der Waals surface area contributed by atoms with E-state index in [1.54, 1.807) is 0 Å². The topological polar surface area (TPSA) is 80.7 Å². The molecular weight excluding hydrogens is 388 g/mol. The van der Waals surface area contributed by atoms with Gasteiger partial charge in [-0.3, -0.25) is 9.80 Å². The van der Waals surface area contributed by atoms with Crippen LogP contribution < -0.4 is 5.73 Å². The molecule has 1 unspecified atom stereocenters. The zero-order chi connectivity index (χ0) is 20.4. The van der Waals surface area contributed by atoms with Gasteiger partial charge in [-0.1, -0.05) is 23.7 Å². The van der Waals surface area contributed by atoms with Crippen molar-refractivity contribution in [3.05, 3.63) is 34.9 Å². The number of amidine groups is 2. The maximum Gasteiger partial charge on any atom is 0.135 e. The van der Waals surface area contributed by atoms with Gasteiger partial charge in [0, 0.05) is 49.3 Å². The van der Waals surface area contributed by atoms with Gasteiger partial charge in [0.2, 0.25) is 0 Å². The number of hydrogen-bond acceptors (Lipinski definition) is 7. The Labute approximate surface area is 177 Å². The van der Waals surface area contributed by atoms with Crippen LogP contribution in [0.15, 0.2) is 34.5 Å². The number of rotatable bonds is 4. The summed E-state index contributed by atoms with van der Waals surface area (Å²) in [7, 11) is 2.12. The second-order valence-electron chi connectivity index (χ2n) is 8.46. The van der Waals surface area contributed by atoms with Crippen LogP contribution in [0, 0.1) is 0 Å². The van der Waals surface area contributed by atoms with E-state index < -0.39 is 0 Å². The first-order valence-corrected chi connectivity index (χ1v) is 10.9. The van der Waals surface area contributed by atoms with Crippen LogP contribution in [-0.4, -0.2) is 89.4 Å². The molecule has 1 aromatic carbocycles. The first kappa shape index (κ1) is 20.6. The Morgan fingerprint density at radius 2 is 1.83 bits per heavy atom. The second kappa shape index (κ2) is 9.00. The van der Waals surface area contributed by atoms with Gasteiger partial charge >= 0.3 is 0 Å². The van der Waals surface area contributed by atoms with Gasteiger partial charge in [0.05, 0.1) is 13.0 Å². The fourth-order valence-electron chi connectivity index (χ4n) is 4.82. The Bertz CT molecular complexity index is 759. The standard InChI is InChI=1S/C21H31ClN6O/c1-26-12-18(10-15-2-4-16(22)5-3-15)28(13-19(26)14-29)17-6-8-27(9-7-17)21-11-20(23)24-25-21/h2-5,17-19,29H,6-14H2,1H3,(H2,23,24)/t18?,19-/m1/s1. The molecule has 29 heavy (non-hydrogen) atoms. The van der Waals surface area contributed by atoms with Crippen molar-refractivity contribution in [1.29, 1.82) is 0 Å². The number of aliphatic hydroxyl groups is 1. The predicted molar refractivity (Wildman–Crippen MR) is 117 cm³/mol. The Balaban J connectivity index is 1.43. The van der Waals surface area contributed by atoms with Gasteiger partial charge in [-0.2, -0.15) is 0 Å². The van der Waals surface area contributed by atoms with Crippen molar-refractivity contribution >= 4 is 23.3 Å². The lowest BCUT2D eigenvalue weighted by molar-refractivity contribution is -0.0166. The number of piperidine rings is 1. The summed E-state index contributed by atoms with van der Waals surface area (Å²) < 4.78 is 0. The van der Waals surface area contributed by atoms with Crippen LogP contribution in [0.1, 0.15) is 24.8 Å².